The van der Waals surface area contributed by atoms with Crippen molar-refractivity contribution in [2.75, 3.05) is 0 Å². The number of nitro groups is 1. The predicted molar refractivity (Wildman–Crippen MR) is 66.8 cm³/mol. The normalized spacial score (nSPS) is 27.3. The molecule has 102 valence electrons. The Bertz CT molecular complexity index is 538. The lowest BCUT2D eigenvalue weighted by Crippen LogP contribution is -2.39. The largest absolute Gasteiger partial charge is 0.298 e. The first-order valence-electron chi connectivity index (χ1n) is 5.65. The Balaban J connectivity index is 2.42. The summed E-state index contributed by atoms with van der Waals surface area (Å²) in [6.07, 6.45) is -0.186. The highest BCUT2D eigenvalue weighted by Gasteiger charge is 2.43. The fraction of sp³-hybridized carbons (Fsp3) is 0.417. The molecule has 0 amide bonds. The summed E-state index contributed by atoms with van der Waals surface area (Å²) in [7, 11) is 0. The van der Waals surface area contributed by atoms with Gasteiger partial charge in [-0.15, -0.1) is 0 Å². The van der Waals surface area contributed by atoms with Crippen molar-refractivity contribution in [1.82, 2.24) is 0 Å². The third kappa shape index (κ3) is 2.80. The van der Waals surface area contributed by atoms with E-state index in [-0.39, 0.29) is 24.2 Å². The zero-order valence-corrected chi connectivity index (χ0v) is 11.3. The van der Waals surface area contributed by atoms with Crippen LogP contribution in [0.25, 0.3) is 0 Å². The predicted octanol–water partition coefficient (Wildman–Crippen LogP) is 2.82. The van der Waals surface area contributed by atoms with E-state index in [1.54, 1.807) is 0 Å². The molecule has 3 atom stereocenters. The van der Waals surface area contributed by atoms with Crippen molar-refractivity contribution in [3.05, 3.63) is 45.5 Å². The Morgan fingerprint density at radius 3 is 2.68 bits per heavy atom. The van der Waals surface area contributed by atoms with E-state index in [9.17, 15) is 23.7 Å². The fourth-order valence-electron chi connectivity index (χ4n) is 2.34. The molecule has 0 saturated heterocycles. The quantitative estimate of drug-likeness (QED) is 0.475. The summed E-state index contributed by atoms with van der Waals surface area (Å²) in [6.45, 7) is 0. The second-order valence-corrected chi connectivity index (χ2v) is 5.60. The number of halogens is 3. The van der Waals surface area contributed by atoms with E-state index in [1.807, 2.05) is 0 Å². The van der Waals surface area contributed by atoms with Gasteiger partial charge in [-0.1, -0.05) is 15.9 Å². The van der Waals surface area contributed by atoms with Crippen molar-refractivity contribution in [1.29, 1.82) is 0 Å². The number of rotatable bonds is 2. The van der Waals surface area contributed by atoms with E-state index in [1.165, 1.54) is 0 Å². The van der Waals surface area contributed by atoms with Gasteiger partial charge in [0.05, 0.1) is 10.7 Å². The molecule has 1 saturated carbocycles. The maximum atomic E-state index is 13.7. The van der Waals surface area contributed by atoms with Crippen LogP contribution in [0.1, 0.15) is 24.3 Å². The second kappa shape index (κ2) is 5.32. The molecule has 2 rings (SSSR count). The van der Waals surface area contributed by atoms with Gasteiger partial charge in [0, 0.05) is 23.3 Å². The Labute approximate surface area is 116 Å². The van der Waals surface area contributed by atoms with E-state index < -0.39 is 33.3 Å². The lowest BCUT2D eigenvalue weighted by atomic mass is 9.79. The van der Waals surface area contributed by atoms with Crippen LogP contribution in [0.2, 0.25) is 0 Å². The number of carbonyl (C=O) groups excluding carboxylic acids is 1. The minimum atomic E-state index is -1.10. The first-order valence-corrected chi connectivity index (χ1v) is 6.57. The topological polar surface area (TPSA) is 60.2 Å². The van der Waals surface area contributed by atoms with E-state index in [0.717, 1.165) is 18.2 Å². The molecule has 3 unspecified atom stereocenters. The maximum Gasteiger partial charge on any atom is 0.221 e. The molecule has 1 aromatic rings. The van der Waals surface area contributed by atoms with Crippen molar-refractivity contribution in [2.24, 2.45) is 0 Å². The van der Waals surface area contributed by atoms with Crippen molar-refractivity contribution in [3.63, 3.8) is 0 Å². The van der Waals surface area contributed by atoms with Crippen LogP contribution in [0.4, 0.5) is 8.78 Å². The molecular weight excluding hydrogens is 324 g/mol. The second-order valence-electron chi connectivity index (χ2n) is 4.50. The fourth-order valence-corrected chi connectivity index (χ4v) is 2.91. The van der Waals surface area contributed by atoms with Crippen LogP contribution >= 0.6 is 15.9 Å². The molecule has 0 heterocycles. The highest BCUT2D eigenvalue weighted by molar-refractivity contribution is 9.10. The Morgan fingerprint density at radius 2 is 2.05 bits per heavy atom. The first kappa shape index (κ1) is 14.0. The molecule has 1 aromatic carbocycles. The summed E-state index contributed by atoms with van der Waals surface area (Å²) in [5, 5.41) is 11.0. The van der Waals surface area contributed by atoms with Gasteiger partial charge in [0.1, 0.15) is 17.4 Å². The van der Waals surface area contributed by atoms with Gasteiger partial charge in [-0.05, 0) is 18.2 Å². The molecule has 7 heteroatoms. The third-order valence-corrected chi connectivity index (χ3v) is 4.20. The van der Waals surface area contributed by atoms with E-state index in [0.29, 0.717) is 0 Å². The van der Waals surface area contributed by atoms with Crippen LogP contribution in [0, 0.1) is 21.7 Å². The SMILES string of the molecule is O=C1CC(c2cc(F)ccc2F)C([N+](=O)[O-])CC1Br. The Morgan fingerprint density at radius 1 is 1.37 bits per heavy atom. The highest BCUT2D eigenvalue weighted by atomic mass is 79.9. The highest BCUT2D eigenvalue weighted by Crippen LogP contribution is 2.36. The number of benzene rings is 1. The summed E-state index contributed by atoms with van der Waals surface area (Å²) >= 11 is 3.07. The average molecular weight is 334 g/mol. The average Bonchev–Trinajstić information content (AvgIpc) is 2.35. The molecule has 19 heavy (non-hydrogen) atoms. The van der Waals surface area contributed by atoms with Crippen LogP contribution in [-0.4, -0.2) is 21.6 Å². The lowest BCUT2D eigenvalue weighted by Gasteiger charge is -2.28. The van der Waals surface area contributed by atoms with Crippen LogP contribution in [-0.2, 0) is 4.79 Å². The Kier molecular flexibility index (Phi) is 3.93. The monoisotopic (exact) mass is 333 g/mol. The van der Waals surface area contributed by atoms with Crippen LogP contribution in [0.5, 0.6) is 0 Å². The number of nitrogens with zero attached hydrogens (tertiary/aromatic N) is 1. The minimum absolute atomic E-state index is 0.0214. The van der Waals surface area contributed by atoms with Crippen molar-refractivity contribution in [2.45, 2.75) is 29.6 Å². The zero-order valence-electron chi connectivity index (χ0n) is 9.68. The van der Waals surface area contributed by atoms with E-state index >= 15 is 0 Å². The van der Waals surface area contributed by atoms with Crippen molar-refractivity contribution >= 4 is 21.7 Å². The van der Waals surface area contributed by atoms with E-state index in [4.69, 9.17) is 0 Å². The van der Waals surface area contributed by atoms with Gasteiger partial charge < -0.3 is 0 Å². The summed E-state index contributed by atoms with van der Waals surface area (Å²) in [5.74, 6) is -2.55. The molecule has 1 fully saturated rings. The summed E-state index contributed by atoms with van der Waals surface area (Å²) < 4.78 is 26.9. The molecule has 0 spiro atoms. The van der Waals surface area contributed by atoms with Gasteiger partial charge in [-0.25, -0.2) is 8.78 Å². The summed E-state index contributed by atoms with van der Waals surface area (Å²) in [5.41, 5.74) is -0.102. The van der Waals surface area contributed by atoms with Crippen LogP contribution in [0.3, 0.4) is 0 Å². The molecule has 4 nitrogen and oxygen atoms in total. The number of hydrogen-bond acceptors (Lipinski definition) is 3. The maximum absolute atomic E-state index is 13.7. The van der Waals surface area contributed by atoms with Gasteiger partial charge in [0.25, 0.3) is 0 Å². The Hall–Kier alpha value is -1.37. The smallest absolute Gasteiger partial charge is 0.221 e. The number of alkyl halides is 1. The van der Waals surface area contributed by atoms with Gasteiger partial charge >= 0.3 is 0 Å². The molecule has 1 aliphatic rings. The molecule has 0 aromatic heterocycles. The number of ketones is 1. The molecular formula is C12H10BrF2NO3. The number of hydrogen-bond donors (Lipinski definition) is 0. The van der Waals surface area contributed by atoms with Gasteiger partial charge in [-0.3, -0.25) is 14.9 Å². The van der Waals surface area contributed by atoms with Gasteiger partial charge in [-0.2, -0.15) is 0 Å². The molecule has 0 radical (unpaired) electrons. The minimum Gasteiger partial charge on any atom is -0.298 e. The molecule has 0 bridgehead atoms. The summed E-state index contributed by atoms with van der Waals surface area (Å²) in [6, 6.07) is 1.70. The zero-order chi connectivity index (χ0) is 14.2. The van der Waals surface area contributed by atoms with Crippen LogP contribution < -0.4 is 0 Å². The van der Waals surface area contributed by atoms with Gasteiger partial charge in [0.2, 0.25) is 6.04 Å². The molecule has 0 N–H and O–H groups in total. The van der Waals surface area contributed by atoms with Gasteiger partial charge in [0.15, 0.2) is 0 Å². The van der Waals surface area contributed by atoms with Crippen LogP contribution in [0.15, 0.2) is 18.2 Å². The number of Topliss-reactive ketones (excluding diaryl/α,β-unsaturated/α-hetero) is 1. The number of carbonyl (C=O) groups is 1. The summed E-state index contributed by atoms with van der Waals surface area (Å²) in [4.78, 5) is 21.6. The van der Waals surface area contributed by atoms with Crippen molar-refractivity contribution in [3.8, 4) is 0 Å². The van der Waals surface area contributed by atoms with E-state index in [2.05, 4.69) is 15.9 Å². The molecule has 1 aliphatic carbocycles. The first-order chi connectivity index (χ1) is 8.90. The molecule has 0 aliphatic heterocycles. The third-order valence-electron chi connectivity index (χ3n) is 3.31. The standard InChI is InChI=1S/C12H10BrF2NO3/c13-9-5-11(16(18)19)8(4-12(9)17)7-3-6(14)1-2-10(7)15/h1-3,8-9,11H,4-5H2. The lowest BCUT2D eigenvalue weighted by molar-refractivity contribution is -0.528. The van der Waals surface area contributed by atoms with Crippen molar-refractivity contribution < 1.29 is 18.5 Å².